The Morgan fingerprint density at radius 2 is 2.22 bits per heavy atom. The van der Waals surface area contributed by atoms with Crippen LogP contribution >= 0.6 is 0 Å². The largest absolute Gasteiger partial charge is 0.504 e. The summed E-state index contributed by atoms with van der Waals surface area (Å²) in [6.07, 6.45) is 5.87. The summed E-state index contributed by atoms with van der Waals surface area (Å²) in [7, 11) is 0. The predicted octanol–water partition coefficient (Wildman–Crippen LogP) is 2.08. The molecule has 0 radical (unpaired) electrons. The predicted molar refractivity (Wildman–Crippen MR) is 66.1 cm³/mol. The highest BCUT2D eigenvalue weighted by Gasteiger charge is 2.06. The number of rotatable bonds is 3. The molecule has 6 heteroatoms. The normalized spacial score (nSPS) is 10.8. The Morgan fingerprint density at radius 1 is 1.39 bits per heavy atom. The average Bonchev–Trinajstić information content (AvgIpc) is 2.36. The molecule has 0 unspecified atom stereocenters. The van der Waals surface area contributed by atoms with Crippen molar-refractivity contribution in [2.75, 3.05) is 5.43 Å². The van der Waals surface area contributed by atoms with Crippen molar-refractivity contribution in [3.63, 3.8) is 0 Å². The monoisotopic (exact) mass is 246 g/mol. The first-order chi connectivity index (χ1) is 8.66. The Balaban J connectivity index is 2.15. The van der Waals surface area contributed by atoms with Gasteiger partial charge in [0.15, 0.2) is 17.4 Å². The van der Waals surface area contributed by atoms with Gasteiger partial charge in [0, 0.05) is 18.0 Å². The SMILES string of the molecule is Cc1cc(F)c(O)c(/C=N/Nc2cnccn2)c1. The zero-order chi connectivity index (χ0) is 13.0. The maximum Gasteiger partial charge on any atom is 0.165 e. The molecule has 2 rings (SSSR count). The van der Waals surface area contributed by atoms with Crippen molar-refractivity contribution in [3.05, 3.63) is 47.7 Å². The van der Waals surface area contributed by atoms with Gasteiger partial charge in [-0.25, -0.2) is 9.37 Å². The van der Waals surface area contributed by atoms with Crippen LogP contribution in [0, 0.1) is 12.7 Å². The maximum atomic E-state index is 13.2. The van der Waals surface area contributed by atoms with E-state index in [0.29, 0.717) is 16.9 Å². The summed E-state index contributed by atoms with van der Waals surface area (Å²) >= 11 is 0. The molecule has 0 aliphatic carbocycles. The minimum absolute atomic E-state index is 0.295. The number of anilines is 1. The standard InChI is InChI=1S/C12H11FN4O/c1-8-4-9(12(18)10(13)5-8)6-16-17-11-7-14-2-3-15-11/h2-7,18H,1H3,(H,15,17)/b16-6+. The lowest BCUT2D eigenvalue weighted by molar-refractivity contribution is 0.431. The molecule has 2 N–H and O–H groups in total. The highest BCUT2D eigenvalue weighted by atomic mass is 19.1. The van der Waals surface area contributed by atoms with Crippen LogP contribution < -0.4 is 5.43 Å². The van der Waals surface area contributed by atoms with Crippen molar-refractivity contribution in [1.82, 2.24) is 9.97 Å². The number of phenols is 1. The lowest BCUT2D eigenvalue weighted by Crippen LogP contribution is -1.95. The molecule has 1 aromatic heterocycles. The second kappa shape index (κ2) is 5.22. The number of hydrazone groups is 1. The summed E-state index contributed by atoms with van der Waals surface area (Å²) < 4.78 is 13.2. The number of aromatic hydroxyl groups is 1. The summed E-state index contributed by atoms with van der Waals surface area (Å²) in [6.45, 7) is 1.73. The summed E-state index contributed by atoms with van der Waals surface area (Å²) in [5, 5.41) is 13.3. The van der Waals surface area contributed by atoms with Crippen molar-refractivity contribution in [3.8, 4) is 5.75 Å². The molecule has 0 aliphatic rings. The quantitative estimate of drug-likeness (QED) is 0.642. The first kappa shape index (κ1) is 12.0. The van der Waals surface area contributed by atoms with Crippen LogP contribution in [-0.4, -0.2) is 21.3 Å². The van der Waals surface area contributed by atoms with Crippen molar-refractivity contribution in [2.45, 2.75) is 6.92 Å². The fraction of sp³-hybridized carbons (Fsp3) is 0.0833. The van der Waals surface area contributed by atoms with Crippen LogP contribution in [0.4, 0.5) is 10.2 Å². The van der Waals surface area contributed by atoms with Gasteiger partial charge in [0.05, 0.1) is 12.4 Å². The topological polar surface area (TPSA) is 70.4 Å². The molecule has 18 heavy (non-hydrogen) atoms. The highest BCUT2D eigenvalue weighted by Crippen LogP contribution is 2.21. The highest BCUT2D eigenvalue weighted by molar-refractivity contribution is 5.84. The number of phenolic OH excluding ortho intramolecular Hbond substituents is 1. The van der Waals surface area contributed by atoms with E-state index in [1.54, 1.807) is 13.0 Å². The van der Waals surface area contributed by atoms with E-state index in [0.717, 1.165) is 0 Å². The van der Waals surface area contributed by atoms with Crippen LogP contribution in [0.25, 0.3) is 0 Å². The second-order valence-corrected chi connectivity index (χ2v) is 3.65. The van der Waals surface area contributed by atoms with E-state index in [9.17, 15) is 9.50 Å². The Labute approximate surface area is 103 Å². The number of aryl methyl sites for hydroxylation is 1. The molecular formula is C12H11FN4O. The second-order valence-electron chi connectivity index (χ2n) is 3.65. The Morgan fingerprint density at radius 3 is 2.94 bits per heavy atom. The van der Waals surface area contributed by atoms with Gasteiger partial charge in [0.2, 0.25) is 0 Å². The number of benzene rings is 1. The average molecular weight is 246 g/mol. The summed E-state index contributed by atoms with van der Waals surface area (Å²) in [5.41, 5.74) is 3.62. The van der Waals surface area contributed by atoms with E-state index in [4.69, 9.17) is 0 Å². The van der Waals surface area contributed by atoms with Gasteiger partial charge in [0.1, 0.15) is 0 Å². The van der Waals surface area contributed by atoms with E-state index >= 15 is 0 Å². The summed E-state index contributed by atoms with van der Waals surface area (Å²) in [4.78, 5) is 7.79. The van der Waals surface area contributed by atoms with Crippen LogP contribution in [0.2, 0.25) is 0 Å². The number of aromatic nitrogens is 2. The Hall–Kier alpha value is -2.50. The molecule has 0 bridgehead atoms. The summed E-state index contributed by atoms with van der Waals surface area (Å²) in [6, 6.07) is 2.88. The van der Waals surface area contributed by atoms with E-state index in [2.05, 4.69) is 20.5 Å². The van der Waals surface area contributed by atoms with Gasteiger partial charge >= 0.3 is 0 Å². The molecule has 0 spiro atoms. The zero-order valence-corrected chi connectivity index (χ0v) is 9.63. The van der Waals surface area contributed by atoms with Gasteiger partial charge in [0.25, 0.3) is 0 Å². The number of halogens is 1. The molecule has 0 aliphatic heterocycles. The molecule has 1 aromatic carbocycles. The third-order valence-electron chi connectivity index (χ3n) is 2.18. The van der Waals surface area contributed by atoms with Gasteiger partial charge in [-0.1, -0.05) is 0 Å². The molecule has 2 aromatic rings. The van der Waals surface area contributed by atoms with Crippen LogP contribution in [0.15, 0.2) is 35.8 Å². The van der Waals surface area contributed by atoms with Crippen LogP contribution in [-0.2, 0) is 0 Å². The molecule has 5 nitrogen and oxygen atoms in total. The van der Waals surface area contributed by atoms with E-state index in [1.807, 2.05) is 0 Å². The number of nitrogens with one attached hydrogen (secondary N) is 1. The maximum absolute atomic E-state index is 13.2. The number of nitrogens with zero attached hydrogens (tertiary/aromatic N) is 3. The molecule has 0 fully saturated rings. The van der Waals surface area contributed by atoms with Gasteiger partial charge in [-0.05, 0) is 24.6 Å². The minimum atomic E-state index is -0.670. The van der Waals surface area contributed by atoms with Crippen molar-refractivity contribution in [2.24, 2.45) is 5.10 Å². The Kier molecular flexibility index (Phi) is 3.47. The van der Waals surface area contributed by atoms with Crippen molar-refractivity contribution >= 4 is 12.0 Å². The first-order valence-corrected chi connectivity index (χ1v) is 5.21. The third kappa shape index (κ3) is 2.79. The minimum Gasteiger partial charge on any atom is -0.504 e. The fourth-order valence-corrected chi connectivity index (χ4v) is 1.38. The summed E-state index contributed by atoms with van der Waals surface area (Å²) in [5.74, 6) is -0.636. The lowest BCUT2D eigenvalue weighted by Gasteiger charge is -2.02. The van der Waals surface area contributed by atoms with Gasteiger partial charge in [-0.2, -0.15) is 5.10 Å². The number of hydrogen-bond donors (Lipinski definition) is 2. The zero-order valence-electron chi connectivity index (χ0n) is 9.63. The first-order valence-electron chi connectivity index (χ1n) is 5.21. The molecule has 92 valence electrons. The van der Waals surface area contributed by atoms with Crippen molar-refractivity contribution < 1.29 is 9.50 Å². The smallest absolute Gasteiger partial charge is 0.165 e. The lowest BCUT2D eigenvalue weighted by atomic mass is 10.1. The Bertz CT molecular complexity index is 572. The molecule has 0 saturated carbocycles. The van der Waals surface area contributed by atoms with E-state index in [-0.39, 0.29) is 0 Å². The van der Waals surface area contributed by atoms with Gasteiger partial charge < -0.3 is 5.11 Å². The van der Waals surface area contributed by atoms with Gasteiger partial charge in [-0.3, -0.25) is 10.4 Å². The van der Waals surface area contributed by atoms with Crippen molar-refractivity contribution in [1.29, 1.82) is 0 Å². The molecule has 1 heterocycles. The fourth-order valence-electron chi connectivity index (χ4n) is 1.38. The van der Waals surface area contributed by atoms with E-state index < -0.39 is 11.6 Å². The van der Waals surface area contributed by atoms with Gasteiger partial charge in [-0.15, -0.1) is 0 Å². The van der Waals surface area contributed by atoms with Crippen LogP contribution in [0.3, 0.4) is 0 Å². The molecular weight excluding hydrogens is 235 g/mol. The molecule has 0 atom stereocenters. The third-order valence-corrected chi connectivity index (χ3v) is 2.18. The van der Waals surface area contributed by atoms with Crippen LogP contribution in [0.5, 0.6) is 5.75 Å². The number of hydrogen-bond acceptors (Lipinski definition) is 5. The van der Waals surface area contributed by atoms with E-state index in [1.165, 1.54) is 30.9 Å². The van der Waals surface area contributed by atoms with Crippen LogP contribution in [0.1, 0.15) is 11.1 Å². The molecule has 0 saturated heterocycles. The molecule has 0 amide bonds.